The molecule has 0 amide bonds. The summed E-state index contributed by atoms with van der Waals surface area (Å²) in [5.41, 5.74) is 0.152. The minimum absolute atomic E-state index is 0.272. The molecule has 2 aromatic rings. The van der Waals surface area contributed by atoms with Crippen LogP contribution in [-0.4, -0.2) is 35.1 Å². The summed E-state index contributed by atoms with van der Waals surface area (Å²) < 4.78 is 5.96. The highest BCUT2D eigenvalue weighted by molar-refractivity contribution is 5.87. The summed E-state index contributed by atoms with van der Waals surface area (Å²) in [5, 5.41) is 3.56. The molecule has 1 unspecified atom stereocenters. The lowest BCUT2D eigenvalue weighted by Gasteiger charge is -2.42. The molecule has 4 nitrogen and oxygen atoms in total. The van der Waals surface area contributed by atoms with E-state index < -0.39 is 11.1 Å². The van der Waals surface area contributed by atoms with E-state index in [-0.39, 0.29) is 18.1 Å². The maximum Gasteiger partial charge on any atom is 0.338 e. The number of hydrogen-bond donors (Lipinski definition) is 1. The lowest BCUT2D eigenvalue weighted by atomic mass is 9.87. The van der Waals surface area contributed by atoms with E-state index in [9.17, 15) is 4.79 Å². The third-order valence-electron chi connectivity index (χ3n) is 4.89. The van der Waals surface area contributed by atoms with Gasteiger partial charge in [0.2, 0.25) is 0 Å². The monoisotopic (exact) mass is 396 g/mol. The number of ether oxygens (including phenoxy) is 1. The normalized spacial score (nSPS) is 14.1. The molecule has 0 aromatic heterocycles. The minimum atomic E-state index is -1.04. The summed E-state index contributed by atoms with van der Waals surface area (Å²) in [6, 6.07) is 20.3. The minimum Gasteiger partial charge on any atom is -0.458 e. The van der Waals surface area contributed by atoms with Gasteiger partial charge in [-0.3, -0.25) is 4.90 Å². The maximum absolute atomic E-state index is 13.8. The van der Waals surface area contributed by atoms with Crippen molar-refractivity contribution in [3.05, 3.63) is 66.2 Å². The highest BCUT2D eigenvalue weighted by Gasteiger charge is 2.45. The first-order chi connectivity index (χ1) is 13.5. The number of carbonyl (C=O) groups excluding carboxylic acids is 1. The van der Waals surface area contributed by atoms with Crippen molar-refractivity contribution < 1.29 is 9.53 Å². The van der Waals surface area contributed by atoms with Gasteiger partial charge in [-0.25, -0.2) is 4.79 Å². The first kappa shape index (κ1) is 23.0. The zero-order valence-corrected chi connectivity index (χ0v) is 18.9. The molecule has 1 N–H and O–H groups in total. The Morgan fingerprint density at radius 2 is 1.38 bits per heavy atom. The van der Waals surface area contributed by atoms with Crippen LogP contribution in [0.15, 0.2) is 60.7 Å². The maximum atomic E-state index is 13.8. The number of para-hydroxylation sites is 1. The Labute approximate surface area is 176 Å². The smallest absolute Gasteiger partial charge is 0.338 e. The molecule has 0 aliphatic heterocycles. The fourth-order valence-corrected chi connectivity index (χ4v) is 3.53. The molecule has 2 aromatic carbocycles. The molecule has 0 aliphatic rings. The standard InChI is InChI=1S/C25H36N2O2/c1-19(2)27(20(3)4)18-25(21-14-10-8-11-15-21,23(28)29-24(5,6)7)26-22-16-12-9-13-17-22/h8-17,19-20,26H,18H2,1-7H3. The number of carbonyl (C=O) groups is 1. The van der Waals surface area contributed by atoms with E-state index in [0.29, 0.717) is 6.54 Å². The summed E-state index contributed by atoms with van der Waals surface area (Å²) in [7, 11) is 0. The van der Waals surface area contributed by atoms with Crippen LogP contribution in [0.25, 0.3) is 0 Å². The van der Waals surface area contributed by atoms with Crippen molar-refractivity contribution in [2.24, 2.45) is 0 Å². The Balaban J connectivity index is 2.64. The highest BCUT2D eigenvalue weighted by Crippen LogP contribution is 2.32. The number of hydrogen-bond acceptors (Lipinski definition) is 4. The molecule has 29 heavy (non-hydrogen) atoms. The SMILES string of the molecule is CC(C)N(CC(Nc1ccccc1)(C(=O)OC(C)(C)C)c1ccccc1)C(C)C. The van der Waals surface area contributed by atoms with Gasteiger partial charge in [-0.1, -0.05) is 48.5 Å². The van der Waals surface area contributed by atoms with Crippen LogP contribution in [-0.2, 0) is 15.1 Å². The third-order valence-corrected chi connectivity index (χ3v) is 4.89. The van der Waals surface area contributed by atoms with E-state index in [1.54, 1.807) is 0 Å². The summed E-state index contributed by atoms with van der Waals surface area (Å²) in [6.07, 6.45) is 0. The van der Waals surface area contributed by atoms with Gasteiger partial charge in [0.25, 0.3) is 0 Å². The fraction of sp³-hybridized carbons (Fsp3) is 0.480. The summed E-state index contributed by atoms with van der Waals surface area (Å²) >= 11 is 0. The molecule has 4 heteroatoms. The Morgan fingerprint density at radius 1 is 0.897 bits per heavy atom. The second-order valence-electron chi connectivity index (χ2n) is 9.12. The second-order valence-corrected chi connectivity index (χ2v) is 9.12. The lowest BCUT2D eigenvalue weighted by molar-refractivity contribution is -0.162. The quantitative estimate of drug-likeness (QED) is 0.602. The average Bonchev–Trinajstić information content (AvgIpc) is 2.64. The molecule has 0 bridgehead atoms. The zero-order chi connectivity index (χ0) is 21.7. The Kier molecular flexibility index (Phi) is 7.48. The number of anilines is 1. The summed E-state index contributed by atoms with van der Waals surface area (Å²) in [6.45, 7) is 14.9. The molecular formula is C25H36N2O2. The van der Waals surface area contributed by atoms with Crippen molar-refractivity contribution in [1.82, 2.24) is 4.90 Å². The summed E-state index contributed by atoms with van der Waals surface area (Å²) in [5.74, 6) is -0.272. The van der Waals surface area contributed by atoms with Gasteiger partial charge in [-0.2, -0.15) is 0 Å². The number of nitrogens with zero attached hydrogens (tertiary/aromatic N) is 1. The van der Waals surface area contributed by atoms with Crippen molar-refractivity contribution in [1.29, 1.82) is 0 Å². The molecule has 0 spiro atoms. The molecule has 1 atom stereocenters. The van der Waals surface area contributed by atoms with Crippen LogP contribution >= 0.6 is 0 Å². The van der Waals surface area contributed by atoms with Gasteiger partial charge in [-0.15, -0.1) is 0 Å². The van der Waals surface area contributed by atoms with E-state index in [2.05, 4.69) is 37.9 Å². The van der Waals surface area contributed by atoms with Gasteiger partial charge in [0.05, 0.1) is 0 Å². The van der Waals surface area contributed by atoms with Crippen LogP contribution in [0.4, 0.5) is 5.69 Å². The van der Waals surface area contributed by atoms with Crippen LogP contribution in [0.1, 0.15) is 54.0 Å². The molecular weight excluding hydrogens is 360 g/mol. The van der Waals surface area contributed by atoms with E-state index in [1.807, 2.05) is 81.4 Å². The van der Waals surface area contributed by atoms with Crippen molar-refractivity contribution in [2.45, 2.75) is 71.7 Å². The Hall–Kier alpha value is -2.33. The average molecular weight is 397 g/mol. The fourth-order valence-electron chi connectivity index (χ4n) is 3.53. The van der Waals surface area contributed by atoms with E-state index >= 15 is 0 Å². The molecule has 158 valence electrons. The van der Waals surface area contributed by atoms with Gasteiger partial charge in [-0.05, 0) is 66.2 Å². The topological polar surface area (TPSA) is 41.6 Å². The Morgan fingerprint density at radius 3 is 1.83 bits per heavy atom. The van der Waals surface area contributed by atoms with Crippen LogP contribution in [0.2, 0.25) is 0 Å². The van der Waals surface area contributed by atoms with Crippen molar-refractivity contribution >= 4 is 11.7 Å². The van der Waals surface area contributed by atoms with Gasteiger partial charge in [0, 0.05) is 24.3 Å². The van der Waals surface area contributed by atoms with Crippen LogP contribution in [0.5, 0.6) is 0 Å². The van der Waals surface area contributed by atoms with E-state index in [0.717, 1.165) is 11.3 Å². The van der Waals surface area contributed by atoms with E-state index in [4.69, 9.17) is 4.74 Å². The number of rotatable bonds is 8. The van der Waals surface area contributed by atoms with Gasteiger partial charge in [0.1, 0.15) is 5.60 Å². The lowest BCUT2D eigenvalue weighted by Crippen LogP contribution is -2.56. The first-order valence-electron chi connectivity index (χ1n) is 10.4. The zero-order valence-electron chi connectivity index (χ0n) is 18.9. The van der Waals surface area contributed by atoms with Crippen LogP contribution in [0, 0.1) is 0 Å². The largest absolute Gasteiger partial charge is 0.458 e. The van der Waals surface area contributed by atoms with Crippen molar-refractivity contribution in [2.75, 3.05) is 11.9 Å². The second kappa shape index (κ2) is 9.45. The molecule has 0 saturated carbocycles. The predicted octanol–water partition coefficient (Wildman–Crippen LogP) is 5.45. The molecule has 0 fully saturated rings. The summed E-state index contributed by atoms with van der Waals surface area (Å²) in [4.78, 5) is 16.1. The van der Waals surface area contributed by atoms with Gasteiger partial charge >= 0.3 is 5.97 Å². The number of benzene rings is 2. The first-order valence-corrected chi connectivity index (χ1v) is 10.4. The van der Waals surface area contributed by atoms with Crippen molar-refractivity contribution in [3.63, 3.8) is 0 Å². The number of esters is 1. The highest BCUT2D eigenvalue weighted by atomic mass is 16.6. The third kappa shape index (κ3) is 6.07. The molecule has 0 heterocycles. The molecule has 2 rings (SSSR count). The molecule has 0 radical (unpaired) electrons. The number of nitrogens with one attached hydrogen (secondary N) is 1. The van der Waals surface area contributed by atoms with Gasteiger partial charge < -0.3 is 10.1 Å². The predicted molar refractivity (Wildman–Crippen MR) is 121 cm³/mol. The van der Waals surface area contributed by atoms with Crippen LogP contribution in [0.3, 0.4) is 0 Å². The molecule has 0 saturated heterocycles. The van der Waals surface area contributed by atoms with Crippen LogP contribution < -0.4 is 5.32 Å². The van der Waals surface area contributed by atoms with Crippen molar-refractivity contribution in [3.8, 4) is 0 Å². The molecule has 0 aliphatic carbocycles. The Bertz CT molecular complexity index is 758. The van der Waals surface area contributed by atoms with Gasteiger partial charge in [0.15, 0.2) is 5.54 Å². The van der Waals surface area contributed by atoms with E-state index in [1.165, 1.54) is 0 Å².